The van der Waals surface area contributed by atoms with Crippen molar-refractivity contribution in [1.82, 2.24) is 5.32 Å². The molecule has 10 atom stereocenters. The number of benzene rings is 1. The van der Waals surface area contributed by atoms with Crippen molar-refractivity contribution in [3.8, 4) is 11.5 Å². The van der Waals surface area contributed by atoms with Gasteiger partial charge in [0.05, 0.1) is 14.2 Å². The van der Waals surface area contributed by atoms with E-state index in [1.807, 2.05) is 6.07 Å². The molecule has 0 saturated heterocycles. The van der Waals surface area contributed by atoms with Crippen LogP contribution in [0, 0.1) is 52.3 Å². The van der Waals surface area contributed by atoms with E-state index in [1.54, 1.807) is 14.2 Å². The molecule has 6 rings (SSSR count). The summed E-state index contributed by atoms with van der Waals surface area (Å²) in [6.45, 7) is 12.7. The van der Waals surface area contributed by atoms with E-state index in [9.17, 15) is 4.79 Å². The van der Waals surface area contributed by atoms with Gasteiger partial charge in [-0.3, -0.25) is 4.79 Å². The van der Waals surface area contributed by atoms with E-state index in [-0.39, 0.29) is 11.9 Å². The molecular formula is C36H55NO3. The van der Waals surface area contributed by atoms with Crippen molar-refractivity contribution in [3.63, 3.8) is 0 Å². The molecule has 1 N–H and O–H groups in total. The van der Waals surface area contributed by atoms with Crippen LogP contribution in [-0.4, -0.2) is 26.2 Å². The molecule has 1 amide bonds. The van der Waals surface area contributed by atoms with Crippen LogP contribution >= 0.6 is 0 Å². The fourth-order valence-corrected chi connectivity index (χ4v) is 11.5. The maximum absolute atomic E-state index is 13.2. The van der Waals surface area contributed by atoms with Crippen LogP contribution in [0.1, 0.15) is 127 Å². The van der Waals surface area contributed by atoms with Crippen LogP contribution in [0.15, 0.2) is 12.1 Å². The molecule has 0 bridgehead atoms. The number of ether oxygens (including phenoxy) is 2. The predicted octanol–water partition coefficient (Wildman–Crippen LogP) is 8.63. The quantitative estimate of drug-likeness (QED) is 0.370. The zero-order valence-electron chi connectivity index (χ0n) is 26.4. The van der Waals surface area contributed by atoms with Crippen LogP contribution in [0.2, 0.25) is 0 Å². The van der Waals surface area contributed by atoms with Crippen LogP contribution in [0.3, 0.4) is 0 Å². The zero-order valence-corrected chi connectivity index (χ0v) is 26.4. The summed E-state index contributed by atoms with van der Waals surface area (Å²) in [7, 11) is 3.35. The topological polar surface area (TPSA) is 47.6 Å². The van der Waals surface area contributed by atoms with Gasteiger partial charge in [0.2, 0.25) is 0 Å². The highest BCUT2D eigenvalue weighted by molar-refractivity contribution is 5.98. The monoisotopic (exact) mass is 549 g/mol. The first-order valence-corrected chi connectivity index (χ1v) is 16.7. The number of carbonyl (C=O) groups excluding carboxylic acids is 1. The van der Waals surface area contributed by atoms with E-state index < -0.39 is 0 Å². The second-order valence-electron chi connectivity index (χ2n) is 15.6. The number of rotatable bonds is 7. The van der Waals surface area contributed by atoms with Gasteiger partial charge in [0.25, 0.3) is 5.91 Å². The fraction of sp³-hybridized carbons (Fsp3) is 0.806. The summed E-state index contributed by atoms with van der Waals surface area (Å²) in [6.07, 6.45) is 15.0. The Labute approximate surface area is 243 Å². The fourth-order valence-electron chi connectivity index (χ4n) is 11.5. The molecule has 10 unspecified atom stereocenters. The Balaban J connectivity index is 1.25. The van der Waals surface area contributed by atoms with Crippen LogP contribution in [0.25, 0.3) is 0 Å². The smallest absolute Gasteiger partial charge is 0.251 e. The maximum Gasteiger partial charge on any atom is 0.251 e. The second-order valence-corrected chi connectivity index (χ2v) is 15.6. The van der Waals surface area contributed by atoms with Gasteiger partial charge in [-0.1, -0.05) is 53.9 Å². The summed E-state index contributed by atoms with van der Waals surface area (Å²) in [5.74, 6) is 7.74. The molecule has 5 aliphatic rings. The van der Waals surface area contributed by atoms with Crippen molar-refractivity contribution in [2.75, 3.05) is 14.2 Å². The molecule has 4 aliphatic carbocycles. The highest BCUT2D eigenvalue weighted by atomic mass is 16.5. The van der Waals surface area contributed by atoms with Crippen molar-refractivity contribution in [1.29, 1.82) is 0 Å². The molecule has 0 radical (unpaired) electrons. The molecule has 1 heterocycles. The van der Waals surface area contributed by atoms with E-state index in [1.165, 1.54) is 69.8 Å². The van der Waals surface area contributed by atoms with Gasteiger partial charge in [-0.05, 0) is 121 Å². The van der Waals surface area contributed by atoms with Crippen molar-refractivity contribution >= 4 is 5.91 Å². The Bertz CT molecular complexity index is 1110. The van der Waals surface area contributed by atoms with Crippen LogP contribution < -0.4 is 14.8 Å². The summed E-state index contributed by atoms with van der Waals surface area (Å²) < 4.78 is 11.3. The third kappa shape index (κ3) is 4.41. The molecule has 0 aromatic heterocycles. The van der Waals surface area contributed by atoms with Crippen molar-refractivity contribution in [2.45, 2.75) is 117 Å². The number of carbonyl (C=O) groups is 1. The minimum Gasteiger partial charge on any atom is -0.493 e. The van der Waals surface area contributed by atoms with Gasteiger partial charge in [0.1, 0.15) is 0 Å². The summed E-state index contributed by atoms with van der Waals surface area (Å²) in [5.41, 5.74) is 2.85. The van der Waals surface area contributed by atoms with E-state index in [0.29, 0.717) is 28.4 Å². The lowest BCUT2D eigenvalue weighted by atomic mass is 9.43. The van der Waals surface area contributed by atoms with Crippen LogP contribution in [0.5, 0.6) is 11.5 Å². The Morgan fingerprint density at radius 3 is 2.38 bits per heavy atom. The number of hydrogen-bond donors (Lipinski definition) is 1. The molecule has 4 saturated carbocycles. The summed E-state index contributed by atoms with van der Waals surface area (Å²) in [4.78, 5) is 13.2. The normalized spacial score (nSPS) is 40.7. The maximum atomic E-state index is 13.2. The summed E-state index contributed by atoms with van der Waals surface area (Å²) in [6, 6.07) is 4.27. The first-order valence-electron chi connectivity index (χ1n) is 16.7. The SMILES string of the molecule is COc1cc2c(cc1OC)C1CC3(C)C(CCC4C3CCC3(C)C(C(C)CCCC(C)C)CCC43)CC1NC2=O. The summed E-state index contributed by atoms with van der Waals surface area (Å²) >= 11 is 0. The van der Waals surface area contributed by atoms with Gasteiger partial charge in [-0.15, -0.1) is 0 Å². The van der Waals surface area contributed by atoms with Gasteiger partial charge >= 0.3 is 0 Å². The van der Waals surface area contributed by atoms with Gasteiger partial charge in [0.15, 0.2) is 11.5 Å². The van der Waals surface area contributed by atoms with Gasteiger partial charge < -0.3 is 14.8 Å². The predicted molar refractivity (Wildman–Crippen MR) is 162 cm³/mol. The van der Waals surface area contributed by atoms with E-state index >= 15 is 0 Å². The Morgan fingerprint density at radius 2 is 1.65 bits per heavy atom. The average molecular weight is 550 g/mol. The molecule has 1 aromatic rings. The van der Waals surface area contributed by atoms with Gasteiger partial charge in [0, 0.05) is 17.5 Å². The first-order chi connectivity index (χ1) is 19.1. The van der Waals surface area contributed by atoms with Gasteiger partial charge in [-0.25, -0.2) is 0 Å². The van der Waals surface area contributed by atoms with Crippen molar-refractivity contribution in [2.24, 2.45) is 52.3 Å². The van der Waals surface area contributed by atoms with Gasteiger partial charge in [-0.2, -0.15) is 0 Å². The number of hydrogen-bond acceptors (Lipinski definition) is 3. The number of nitrogens with one attached hydrogen (secondary N) is 1. The highest BCUT2D eigenvalue weighted by Crippen LogP contribution is 2.69. The average Bonchev–Trinajstić information content (AvgIpc) is 3.28. The first kappa shape index (κ1) is 28.4. The molecule has 1 aromatic carbocycles. The number of methoxy groups -OCH3 is 2. The standard InChI is InChI=1S/C36H55NO3/c1-21(2)9-8-10-22(3)28-13-14-29-24-12-11-23-17-31-27(20-36(23,5)30(24)15-16-35(28,29)4)25-18-32(39-6)33(40-7)19-26(25)34(38)37-31/h18-19,21-24,27-31H,8-17,20H2,1-7H3,(H,37,38). The third-order valence-corrected chi connectivity index (χ3v) is 13.5. The lowest BCUT2D eigenvalue weighted by molar-refractivity contribution is -0.121. The second kappa shape index (κ2) is 10.5. The third-order valence-electron chi connectivity index (χ3n) is 13.5. The summed E-state index contributed by atoms with van der Waals surface area (Å²) in [5, 5.41) is 3.44. The highest BCUT2D eigenvalue weighted by Gasteiger charge is 2.62. The molecule has 4 fully saturated rings. The zero-order chi connectivity index (χ0) is 28.4. The molecule has 4 heteroatoms. The molecule has 4 nitrogen and oxygen atoms in total. The van der Waals surface area contributed by atoms with E-state index in [4.69, 9.17) is 9.47 Å². The minimum absolute atomic E-state index is 0.0578. The minimum atomic E-state index is 0.0578. The van der Waals surface area contributed by atoms with E-state index in [0.717, 1.165) is 53.2 Å². The Kier molecular flexibility index (Phi) is 7.48. The molecule has 1 aliphatic heterocycles. The molecule has 0 spiro atoms. The van der Waals surface area contributed by atoms with Crippen LogP contribution in [-0.2, 0) is 0 Å². The van der Waals surface area contributed by atoms with Crippen molar-refractivity contribution in [3.05, 3.63) is 23.3 Å². The Hall–Kier alpha value is -1.71. The molecule has 40 heavy (non-hydrogen) atoms. The lowest BCUT2D eigenvalue weighted by Crippen LogP contribution is -2.58. The Morgan fingerprint density at radius 1 is 0.925 bits per heavy atom. The largest absolute Gasteiger partial charge is 0.493 e. The lowest BCUT2D eigenvalue weighted by Gasteiger charge is -2.63. The van der Waals surface area contributed by atoms with Crippen LogP contribution in [0.4, 0.5) is 0 Å². The number of fused-ring (bicyclic) bond motifs is 8. The molecular weight excluding hydrogens is 494 g/mol. The van der Waals surface area contributed by atoms with E-state index in [2.05, 4.69) is 46.0 Å². The molecule has 222 valence electrons. The van der Waals surface area contributed by atoms with Crippen molar-refractivity contribution < 1.29 is 14.3 Å². The number of amides is 1.